The zero-order chi connectivity index (χ0) is 19.5. The number of anilines is 2. The third kappa shape index (κ3) is 5.13. The summed E-state index contributed by atoms with van der Waals surface area (Å²) in [5.74, 6) is -0.374. The summed E-state index contributed by atoms with van der Waals surface area (Å²) in [5, 5.41) is 3.31. The molecule has 0 aliphatic carbocycles. The van der Waals surface area contributed by atoms with Gasteiger partial charge in [0.2, 0.25) is 15.9 Å². The van der Waals surface area contributed by atoms with Crippen LogP contribution in [-0.2, 0) is 14.8 Å². The van der Waals surface area contributed by atoms with Gasteiger partial charge in [0.15, 0.2) is 0 Å². The van der Waals surface area contributed by atoms with Crippen LogP contribution in [-0.4, -0.2) is 27.1 Å². The summed E-state index contributed by atoms with van der Waals surface area (Å²) in [7, 11) is -3.65. The largest absolute Gasteiger partial charge is 0.324 e. The Hall–Kier alpha value is -1.76. The third-order valence-corrected chi connectivity index (χ3v) is 5.58. The summed E-state index contributed by atoms with van der Waals surface area (Å²) < 4.78 is 25.7. The maximum absolute atomic E-state index is 12.4. The Bertz CT molecular complexity index is 914. The third-order valence-electron chi connectivity index (χ3n) is 3.72. The molecule has 0 bridgehead atoms. The molecular formula is C18H20Cl2N2O3S. The van der Waals surface area contributed by atoms with Gasteiger partial charge in [0, 0.05) is 5.69 Å². The van der Waals surface area contributed by atoms with Crippen molar-refractivity contribution in [2.24, 2.45) is 0 Å². The molecule has 0 fully saturated rings. The minimum atomic E-state index is -3.65. The highest BCUT2D eigenvalue weighted by Crippen LogP contribution is 2.29. The molecule has 0 atom stereocenters. The number of halogens is 2. The lowest BCUT2D eigenvalue weighted by Gasteiger charge is -2.25. The van der Waals surface area contributed by atoms with E-state index in [-0.39, 0.29) is 12.5 Å². The fourth-order valence-electron chi connectivity index (χ4n) is 2.49. The van der Waals surface area contributed by atoms with Gasteiger partial charge in [-0.05, 0) is 35.7 Å². The zero-order valence-electron chi connectivity index (χ0n) is 14.7. The molecule has 0 aliphatic rings. The second kappa shape index (κ2) is 8.29. The highest BCUT2D eigenvalue weighted by atomic mass is 35.5. The molecule has 0 aromatic heterocycles. The predicted molar refractivity (Wildman–Crippen MR) is 108 cm³/mol. The van der Waals surface area contributed by atoms with Crippen molar-refractivity contribution in [1.82, 2.24) is 0 Å². The highest BCUT2D eigenvalue weighted by molar-refractivity contribution is 7.92. The molecule has 26 heavy (non-hydrogen) atoms. The SMILES string of the molecule is CC(C)c1ccccc1N(CC(=O)Nc1ccc(Cl)c(Cl)c1)S(C)(=O)=O. The number of hydrogen-bond acceptors (Lipinski definition) is 3. The molecule has 2 aromatic carbocycles. The van der Waals surface area contributed by atoms with Crippen molar-refractivity contribution in [1.29, 1.82) is 0 Å². The van der Waals surface area contributed by atoms with Gasteiger partial charge < -0.3 is 5.32 Å². The number of para-hydroxylation sites is 1. The Labute approximate surface area is 164 Å². The van der Waals surface area contributed by atoms with Crippen LogP contribution < -0.4 is 9.62 Å². The molecule has 8 heteroatoms. The van der Waals surface area contributed by atoms with Crippen LogP contribution in [0.3, 0.4) is 0 Å². The van der Waals surface area contributed by atoms with Crippen molar-refractivity contribution in [2.75, 3.05) is 22.4 Å². The first-order valence-electron chi connectivity index (χ1n) is 7.91. The van der Waals surface area contributed by atoms with E-state index in [9.17, 15) is 13.2 Å². The standard InChI is InChI=1S/C18H20Cl2N2O3S/c1-12(2)14-6-4-5-7-17(14)22(26(3,24)25)11-18(23)21-13-8-9-15(19)16(20)10-13/h4-10,12H,11H2,1-3H3,(H,21,23). The van der Waals surface area contributed by atoms with Crippen molar-refractivity contribution < 1.29 is 13.2 Å². The lowest BCUT2D eigenvalue weighted by molar-refractivity contribution is -0.114. The number of rotatable bonds is 6. The first-order chi connectivity index (χ1) is 12.1. The lowest BCUT2D eigenvalue weighted by atomic mass is 10.0. The van der Waals surface area contributed by atoms with E-state index in [1.165, 1.54) is 6.07 Å². The number of amides is 1. The van der Waals surface area contributed by atoms with E-state index in [4.69, 9.17) is 23.2 Å². The summed E-state index contributed by atoms with van der Waals surface area (Å²) in [6, 6.07) is 11.8. The molecule has 1 amide bonds. The maximum Gasteiger partial charge on any atom is 0.245 e. The average molecular weight is 415 g/mol. The fourth-order valence-corrected chi connectivity index (χ4v) is 3.66. The Kier molecular flexibility index (Phi) is 6.55. The predicted octanol–water partition coefficient (Wildman–Crippen LogP) is 4.52. The van der Waals surface area contributed by atoms with Gasteiger partial charge in [0.05, 0.1) is 22.0 Å². The molecule has 0 unspecified atom stereocenters. The number of benzene rings is 2. The molecule has 5 nitrogen and oxygen atoms in total. The fraction of sp³-hybridized carbons (Fsp3) is 0.278. The van der Waals surface area contributed by atoms with Crippen LogP contribution >= 0.6 is 23.2 Å². The number of nitrogens with zero attached hydrogens (tertiary/aromatic N) is 1. The van der Waals surface area contributed by atoms with E-state index < -0.39 is 15.9 Å². The Morgan fingerprint density at radius 2 is 1.77 bits per heavy atom. The van der Waals surface area contributed by atoms with Gasteiger partial charge in [0.25, 0.3) is 0 Å². The van der Waals surface area contributed by atoms with Gasteiger partial charge >= 0.3 is 0 Å². The molecule has 0 saturated carbocycles. The minimum Gasteiger partial charge on any atom is -0.324 e. The topological polar surface area (TPSA) is 66.5 Å². The van der Waals surface area contributed by atoms with Crippen LogP contribution in [0.2, 0.25) is 10.0 Å². The molecule has 140 valence electrons. The molecule has 0 radical (unpaired) electrons. The van der Waals surface area contributed by atoms with Gasteiger partial charge in [-0.25, -0.2) is 8.42 Å². The molecule has 0 saturated heterocycles. The second-order valence-electron chi connectivity index (χ2n) is 6.16. The van der Waals surface area contributed by atoms with E-state index in [1.54, 1.807) is 24.3 Å². The summed E-state index contributed by atoms with van der Waals surface area (Å²) in [5.41, 5.74) is 1.78. The van der Waals surface area contributed by atoms with Crippen molar-refractivity contribution in [3.63, 3.8) is 0 Å². The van der Waals surface area contributed by atoms with Crippen LogP contribution in [0.15, 0.2) is 42.5 Å². The van der Waals surface area contributed by atoms with E-state index in [1.807, 2.05) is 26.0 Å². The Morgan fingerprint density at radius 1 is 1.12 bits per heavy atom. The summed E-state index contributed by atoms with van der Waals surface area (Å²) in [6.45, 7) is 3.59. The molecule has 2 rings (SSSR count). The average Bonchev–Trinajstić information content (AvgIpc) is 2.55. The van der Waals surface area contributed by atoms with Crippen LogP contribution in [0.25, 0.3) is 0 Å². The zero-order valence-corrected chi connectivity index (χ0v) is 17.0. The molecule has 0 spiro atoms. The first-order valence-corrected chi connectivity index (χ1v) is 10.5. The van der Waals surface area contributed by atoms with Crippen molar-refractivity contribution in [3.05, 3.63) is 58.1 Å². The Morgan fingerprint density at radius 3 is 2.35 bits per heavy atom. The number of sulfonamides is 1. The van der Waals surface area contributed by atoms with Crippen LogP contribution in [0.1, 0.15) is 25.3 Å². The van der Waals surface area contributed by atoms with Crippen LogP contribution in [0, 0.1) is 0 Å². The molecule has 1 N–H and O–H groups in total. The molecule has 0 heterocycles. The quantitative estimate of drug-likeness (QED) is 0.754. The van der Waals surface area contributed by atoms with Crippen molar-refractivity contribution in [2.45, 2.75) is 19.8 Å². The summed E-state index contributed by atoms with van der Waals surface area (Å²) in [6.07, 6.45) is 1.08. The molecular weight excluding hydrogens is 395 g/mol. The van der Waals surface area contributed by atoms with Gasteiger partial charge in [-0.2, -0.15) is 0 Å². The summed E-state index contributed by atoms with van der Waals surface area (Å²) in [4.78, 5) is 12.4. The molecule has 0 aliphatic heterocycles. The van der Waals surface area contributed by atoms with E-state index in [0.29, 0.717) is 21.4 Å². The monoisotopic (exact) mass is 414 g/mol. The lowest BCUT2D eigenvalue weighted by Crippen LogP contribution is -2.38. The number of nitrogens with one attached hydrogen (secondary N) is 1. The van der Waals surface area contributed by atoms with Gasteiger partial charge in [0.1, 0.15) is 6.54 Å². The highest BCUT2D eigenvalue weighted by Gasteiger charge is 2.24. The maximum atomic E-state index is 12.4. The Balaban J connectivity index is 2.29. The van der Waals surface area contributed by atoms with Gasteiger partial charge in [-0.15, -0.1) is 0 Å². The van der Waals surface area contributed by atoms with Crippen LogP contribution in [0.5, 0.6) is 0 Å². The van der Waals surface area contributed by atoms with E-state index in [2.05, 4.69) is 5.32 Å². The van der Waals surface area contributed by atoms with Crippen LogP contribution in [0.4, 0.5) is 11.4 Å². The summed E-state index contributed by atoms with van der Waals surface area (Å²) >= 11 is 11.8. The first kappa shape index (κ1) is 20.6. The van der Waals surface area contributed by atoms with Gasteiger partial charge in [-0.3, -0.25) is 9.10 Å². The second-order valence-corrected chi connectivity index (χ2v) is 8.88. The number of hydrogen-bond donors (Lipinski definition) is 1. The number of carbonyl (C=O) groups is 1. The normalized spacial score (nSPS) is 11.5. The van der Waals surface area contributed by atoms with E-state index >= 15 is 0 Å². The number of carbonyl (C=O) groups excluding carboxylic acids is 1. The van der Waals surface area contributed by atoms with Crippen molar-refractivity contribution >= 4 is 50.5 Å². The molecule has 2 aromatic rings. The van der Waals surface area contributed by atoms with E-state index in [0.717, 1.165) is 16.1 Å². The van der Waals surface area contributed by atoms with Crippen molar-refractivity contribution in [3.8, 4) is 0 Å². The minimum absolute atomic E-state index is 0.105. The smallest absolute Gasteiger partial charge is 0.245 e. The van der Waals surface area contributed by atoms with Gasteiger partial charge in [-0.1, -0.05) is 55.2 Å².